The van der Waals surface area contributed by atoms with Crippen LogP contribution in [-0.2, 0) is 4.79 Å². The van der Waals surface area contributed by atoms with Crippen molar-refractivity contribution in [3.05, 3.63) is 27.9 Å². The Balaban J connectivity index is 2.30. The van der Waals surface area contributed by atoms with E-state index < -0.39 is 16.4 Å². The van der Waals surface area contributed by atoms with E-state index in [1.165, 1.54) is 6.20 Å². The van der Waals surface area contributed by atoms with E-state index in [4.69, 9.17) is 5.11 Å². The molecule has 19 heavy (non-hydrogen) atoms. The van der Waals surface area contributed by atoms with Crippen LogP contribution in [0.25, 0.3) is 0 Å². The summed E-state index contributed by atoms with van der Waals surface area (Å²) in [5.41, 5.74) is -0.177. The van der Waals surface area contributed by atoms with E-state index in [1.54, 1.807) is 13.0 Å². The molecule has 1 aliphatic rings. The van der Waals surface area contributed by atoms with Gasteiger partial charge in [0.05, 0.1) is 11.3 Å². The van der Waals surface area contributed by atoms with E-state index in [0.29, 0.717) is 18.4 Å². The van der Waals surface area contributed by atoms with Gasteiger partial charge in [-0.25, -0.2) is 4.98 Å². The van der Waals surface area contributed by atoms with Crippen molar-refractivity contribution in [1.29, 1.82) is 0 Å². The van der Waals surface area contributed by atoms with Crippen molar-refractivity contribution >= 4 is 17.5 Å². The number of aromatic nitrogens is 1. The van der Waals surface area contributed by atoms with Crippen molar-refractivity contribution in [1.82, 2.24) is 4.98 Å². The van der Waals surface area contributed by atoms with Crippen molar-refractivity contribution in [2.75, 3.05) is 5.32 Å². The number of hydrogen-bond donors (Lipinski definition) is 2. The van der Waals surface area contributed by atoms with Gasteiger partial charge in [-0.05, 0) is 32.3 Å². The van der Waals surface area contributed by atoms with Crippen LogP contribution in [0.5, 0.6) is 0 Å². The molecule has 1 aliphatic carbocycles. The van der Waals surface area contributed by atoms with Gasteiger partial charge in [-0.3, -0.25) is 14.9 Å². The molecule has 0 unspecified atom stereocenters. The minimum absolute atomic E-state index is 0.0558. The molecule has 0 bridgehead atoms. The highest BCUT2D eigenvalue weighted by Gasteiger charge is 2.40. The van der Waals surface area contributed by atoms with Gasteiger partial charge in [0.2, 0.25) is 5.82 Å². The van der Waals surface area contributed by atoms with Gasteiger partial charge in [0, 0.05) is 17.3 Å². The summed E-state index contributed by atoms with van der Waals surface area (Å²) in [5, 5.41) is 23.0. The number of nitrogens with one attached hydrogen (secondary N) is 1. The summed E-state index contributed by atoms with van der Waals surface area (Å²) in [6, 6.07) is 1.56. The zero-order valence-corrected chi connectivity index (χ0v) is 10.5. The van der Waals surface area contributed by atoms with Crippen molar-refractivity contribution in [3.8, 4) is 0 Å². The average molecular weight is 265 g/mol. The number of hydrogen-bond acceptors (Lipinski definition) is 5. The predicted molar refractivity (Wildman–Crippen MR) is 68.1 cm³/mol. The zero-order chi connectivity index (χ0) is 14.0. The molecule has 1 aromatic heterocycles. The summed E-state index contributed by atoms with van der Waals surface area (Å²) < 4.78 is 0. The number of pyridine rings is 1. The fourth-order valence-electron chi connectivity index (χ4n) is 2.36. The number of rotatable bonds is 5. The van der Waals surface area contributed by atoms with Gasteiger partial charge < -0.3 is 10.4 Å². The Hall–Kier alpha value is -2.18. The van der Waals surface area contributed by atoms with Crippen LogP contribution in [0.4, 0.5) is 11.5 Å². The first kappa shape index (κ1) is 13.3. The van der Waals surface area contributed by atoms with Gasteiger partial charge >= 0.3 is 11.7 Å². The maximum atomic E-state index is 11.1. The number of nitro groups is 1. The maximum Gasteiger partial charge on any atom is 0.314 e. The molecule has 0 saturated heterocycles. The highest BCUT2D eigenvalue weighted by Crippen LogP contribution is 2.40. The molecule has 0 radical (unpaired) electrons. The Morgan fingerprint density at radius 1 is 1.63 bits per heavy atom. The van der Waals surface area contributed by atoms with Gasteiger partial charge in [-0.1, -0.05) is 0 Å². The average Bonchev–Trinajstić information content (AvgIpc) is 2.24. The van der Waals surface area contributed by atoms with Crippen LogP contribution in [0.3, 0.4) is 0 Å². The number of nitrogens with zero attached hydrogens (tertiary/aromatic N) is 2. The number of aryl methyl sites for hydroxylation is 1. The molecule has 0 atom stereocenters. The molecule has 1 aromatic rings. The number of aliphatic carboxylic acids is 1. The van der Waals surface area contributed by atoms with E-state index >= 15 is 0 Å². The van der Waals surface area contributed by atoms with Crippen LogP contribution in [0.2, 0.25) is 0 Å². The monoisotopic (exact) mass is 265 g/mol. The Labute approximate surface area is 109 Å². The lowest BCUT2D eigenvalue weighted by Gasteiger charge is -2.41. The number of carboxylic acid groups (broad SMARTS) is 1. The molecule has 2 rings (SSSR count). The first-order valence-electron chi connectivity index (χ1n) is 6.03. The highest BCUT2D eigenvalue weighted by molar-refractivity contribution is 5.71. The fraction of sp³-hybridized carbons (Fsp3) is 0.500. The van der Waals surface area contributed by atoms with E-state index in [-0.39, 0.29) is 17.9 Å². The third kappa shape index (κ3) is 2.64. The van der Waals surface area contributed by atoms with Crippen LogP contribution in [0, 0.1) is 17.0 Å². The van der Waals surface area contributed by atoms with Gasteiger partial charge in [-0.15, -0.1) is 0 Å². The second kappa shape index (κ2) is 4.83. The van der Waals surface area contributed by atoms with Gasteiger partial charge in [0.1, 0.15) is 0 Å². The molecule has 0 spiro atoms. The van der Waals surface area contributed by atoms with E-state index in [2.05, 4.69) is 10.3 Å². The molecule has 0 amide bonds. The van der Waals surface area contributed by atoms with Gasteiger partial charge in [0.25, 0.3) is 0 Å². The predicted octanol–water partition coefficient (Wildman–Crippen LogP) is 2.11. The second-order valence-electron chi connectivity index (χ2n) is 4.91. The first-order chi connectivity index (χ1) is 8.93. The standard InChI is InChI=1S/C12H15N3O4/c1-8-3-6-13-11(10(8)15(18)19)14-12(4-2-5-12)7-9(16)17/h3,6H,2,4-5,7H2,1H3,(H,13,14)(H,16,17). The molecule has 1 heterocycles. The number of carbonyl (C=O) groups is 1. The quantitative estimate of drug-likeness (QED) is 0.624. The maximum absolute atomic E-state index is 11.1. The minimum Gasteiger partial charge on any atom is -0.481 e. The van der Waals surface area contributed by atoms with Gasteiger partial charge in [-0.2, -0.15) is 0 Å². The fourth-order valence-corrected chi connectivity index (χ4v) is 2.36. The molecule has 7 nitrogen and oxygen atoms in total. The lowest BCUT2D eigenvalue weighted by Crippen LogP contribution is -2.47. The molecule has 2 N–H and O–H groups in total. The van der Waals surface area contributed by atoms with Crippen molar-refractivity contribution in [2.24, 2.45) is 0 Å². The molecule has 0 aliphatic heterocycles. The number of carboxylic acids is 1. The molecule has 102 valence electrons. The Bertz CT molecular complexity index is 526. The smallest absolute Gasteiger partial charge is 0.314 e. The lowest BCUT2D eigenvalue weighted by atomic mass is 9.74. The van der Waals surface area contributed by atoms with Crippen molar-refractivity contribution < 1.29 is 14.8 Å². The molecule has 1 fully saturated rings. The van der Waals surface area contributed by atoms with Crippen LogP contribution < -0.4 is 5.32 Å². The Kier molecular flexibility index (Phi) is 3.37. The largest absolute Gasteiger partial charge is 0.481 e. The zero-order valence-electron chi connectivity index (χ0n) is 10.5. The Morgan fingerprint density at radius 2 is 2.32 bits per heavy atom. The van der Waals surface area contributed by atoms with Crippen molar-refractivity contribution in [3.63, 3.8) is 0 Å². The molecular weight excluding hydrogens is 250 g/mol. The SMILES string of the molecule is Cc1ccnc(NC2(CC(=O)O)CCC2)c1[N+](=O)[O-]. The highest BCUT2D eigenvalue weighted by atomic mass is 16.6. The summed E-state index contributed by atoms with van der Waals surface area (Å²) in [5.74, 6) is -0.756. The van der Waals surface area contributed by atoms with E-state index in [9.17, 15) is 14.9 Å². The van der Waals surface area contributed by atoms with Crippen LogP contribution in [-0.4, -0.2) is 26.5 Å². The second-order valence-corrected chi connectivity index (χ2v) is 4.91. The summed E-state index contributed by atoms with van der Waals surface area (Å²) in [4.78, 5) is 25.5. The summed E-state index contributed by atoms with van der Waals surface area (Å²) in [6.07, 6.45) is 3.72. The number of anilines is 1. The molecule has 1 saturated carbocycles. The van der Waals surface area contributed by atoms with Crippen molar-refractivity contribution in [2.45, 2.75) is 38.1 Å². The molecule has 7 heteroatoms. The summed E-state index contributed by atoms with van der Waals surface area (Å²) in [7, 11) is 0. The third-order valence-corrected chi connectivity index (χ3v) is 3.49. The molecular formula is C12H15N3O4. The first-order valence-corrected chi connectivity index (χ1v) is 6.03. The van der Waals surface area contributed by atoms with Crippen LogP contribution >= 0.6 is 0 Å². The van der Waals surface area contributed by atoms with E-state index in [1.807, 2.05) is 0 Å². The van der Waals surface area contributed by atoms with Crippen LogP contribution in [0.15, 0.2) is 12.3 Å². The van der Waals surface area contributed by atoms with E-state index in [0.717, 1.165) is 6.42 Å². The summed E-state index contributed by atoms with van der Waals surface area (Å²) in [6.45, 7) is 1.63. The molecule has 0 aromatic carbocycles. The lowest BCUT2D eigenvalue weighted by molar-refractivity contribution is -0.384. The minimum atomic E-state index is -0.914. The third-order valence-electron chi connectivity index (χ3n) is 3.49. The summed E-state index contributed by atoms with van der Waals surface area (Å²) >= 11 is 0. The Morgan fingerprint density at radius 3 is 2.79 bits per heavy atom. The van der Waals surface area contributed by atoms with Crippen LogP contribution in [0.1, 0.15) is 31.2 Å². The topological polar surface area (TPSA) is 105 Å². The van der Waals surface area contributed by atoms with Gasteiger partial charge in [0.15, 0.2) is 0 Å². The normalized spacial score (nSPS) is 16.5.